The number of carbonyl (C=O) groups excluding carboxylic acids is 1. The fourth-order valence-electron chi connectivity index (χ4n) is 1.41. The van der Waals surface area contributed by atoms with Crippen LogP contribution in [0.25, 0.3) is 0 Å². The molecule has 0 atom stereocenters. The van der Waals surface area contributed by atoms with Gasteiger partial charge in [0.1, 0.15) is 5.76 Å². The highest BCUT2D eigenvalue weighted by Crippen LogP contribution is 1.98. The minimum absolute atomic E-state index is 0.0370. The fourth-order valence-corrected chi connectivity index (χ4v) is 1.41. The van der Waals surface area contributed by atoms with E-state index < -0.39 is 0 Å². The van der Waals surface area contributed by atoms with Crippen molar-refractivity contribution in [2.24, 2.45) is 0 Å². The number of furan rings is 1. The number of nitrogens with zero attached hydrogens (tertiary/aromatic N) is 1. The van der Waals surface area contributed by atoms with E-state index in [1.54, 1.807) is 6.26 Å². The SMILES string of the molecule is CCCCN(C)CC(=O)NCc1ccco1. The van der Waals surface area contributed by atoms with Gasteiger partial charge in [0, 0.05) is 0 Å². The second-order valence-corrected chi connectivity index (χ2v) is 3.95. The van der Waals surface area contributed by atoms with Crippen molar-refractivity contribution < 1.29 is 9.21 Å². The van der Waals surface area contributed by atoms with Crippen LogP contribution < -0.4 is 5.32 Å². The largest absolute Gasteiger partial charge is 0.467 e. The zero-order valence-electron chi connectivity index (χ0n) is 10.0. The Morgan fingerprint density at radius 2 is 2.38 bits per heavy atom. The van der Waals surface area contributed by atoms with Crippen LogP contribution in [0.15, 0.2) is 22.8 Å². The van der Waals surface area contributed by atoms with E-state index in [0.29, 0.717) is 13.1 Å². The summed E-state index contributed by atoms with van der Waals surface area (Å²) < 4.78 is 5.13. The molecule has 0 saturated carbocycles. The Bertz CT molecular complexity index is 296. The second kappa shape index (κ2) is 7.06. The molecule has 0 aliphatic carbocycles. The van der Waals surface area contributed by atoms with E-state index in [1.807, 2.05) is 24.1 Å². The molecule has 0 unspecified atom stereocenters. The molecule has 1 aromatic heterocycles. The van der Waals surface area contributed by atoms with Crippen LogP contribution in [-0.4, -0.2) is 30.9 Å². The van der Waals surface area contributed by atoms with Crippen LogP contribution in [-0.2, 0) is 11.3 Å². The van der Waals surface area contributed by atoms with Gasteiger partial charge in [-0.1, -0.05) is 13.3 Å². The molecule has 0 bridgehead atoms. The Kier molecular flexibility index (Phi) is 5.64. The maximum atomic E-state index is 11.5. The van der Waals surface area contributed by atoms with Crippen molar-refractivity contribution in [2.45, 2.75) is 26.3 Å². The van der Waals surface area contributed by atoms with Crippen LogP contribution in [0.1, 0.15) is 25.5 Å². The molecule has 1 aromatic rings. The number of hydrogen-bond donors (Lipinski definition) is 1. The first-order valence-electron chi connectivity index (χ1n) is 5.70. The Hall–Kier alpha value is -1.29. The molecule has 0 spiro atoms. The quantitative estimate of drug-likeness (QED) is 0.765. The summed E-state index contributed by atoms with van der Waals surface area (Å²) in [6, 6.07) is 3.66. The molecule has 1 N–H and O–H groups in total. The zero-order chi connectivity index (χ0) is 11.8. The van der Waals surface area contributed by atoms with Crippen LogP contribution in [0, 0.1) is 0 Å². The number of nitrogens with one attached hydrogen (secondary N) is 1. The lowest BCUT2D eigenvalue weighted by Gasteiger charge is -2.15. The van der Waals surface area contributed by atoms with Crippen molar-refractivity contribution in [3.8, 4) is 0 Å². The Morgan fingerprint density at radius 1 is 1.56 bits per heavy atom. The molecule has 0 saturated heterocycles. The molecule has 0 aliphatic heterocycles. The van der Waals surface area contributed by atoms with Crippen molar-refractivity contribution in [2.75, 3.05) is 20.1 Å². The van der Waals surface area contributed by atoms with E-state index in [2.05, 4.69) is 12.2 Å². The van der Waals surface area contributed by atoms with Crippen molar-refractivity contribution in [3.63, 3.8) is 0 Å². The Morgan fingerprint density at radius 3 is 3.00 bits per heavy atom. The molecule has 0 aliphatic rings. The molecule has 1 rings (SSSR count). The van der Waals surface area contributed by atoms with Gasteiger partial charge in [-0.2, -0.15) is 0 Å². The number of likely N-dealkylation sites (N-methyl/N-ethyl adjacent to an activating group) is 1. The van der Waals surface area contributed by atoms with E-state index in [9.17, 15) is 4.79 Å². The first-order valence-corrected chi connectivity index (χ1v) is 5.70. The highest BCUT2D eigenvalue weighted by Gasteiger charge is 2.06. The number of carbonyl (C=O) groups is 1. The van der Waals surface area contributed by atoms with Crippen molar-refractivity contribution in [3.05, 3.63) is 24.2 Å². The minimum atomic E-state index is 0.0370. The van der Waals surface area contributed by atoms with E-state index >= 15 is 0 Å². The first-order chi connectivity index (χ1) is 7.72. The van der Waals surface area contributed by atoms with E-state index in [0.717, 1.165) is 25.1 Å². The molecule has 4 heteroatoms. The standard InChI is InChI=1S/C12H20N2O2/c1-3-4-7-14(2)10-12(15)13-9-11-6-5-8-16-11/h5-6,8H,3-4,7,9-10H2,1-2H3,(H,13,15). The molecule has 4 nitrogen and oxygen atoms in total. The van der Waals surface area contributed by atoms with Gasteiger partial charge in [-0.25, -0.2) is 0 Å². The van der Waals surface area contributed by atoms with Crippen LogP contribution in [0.5, 0.6) is 0 Å². The fraction of sp³-hybridized carbons (Fsp3) is 0.583. The van der Waals surface area contributed by atoms with Gasteiger partial charge in [-0.3, -0.25) is 9.69 Å². The predicted octanol–water partition coefficient (Wildman–Crippen LogP) is 1.63. The summed E-state index contributed by atoms with van der Waals surface area (Å²) >= 11 is 0. The van der Waals surface area contributed by atoms with Crippen molar-refractivity contribution in [1.29, 1.82) is 0 Å². The second-order valence-electron chi connectivity index (χ2n) is 3.95. The third-order valence-corrected chi connectivity index (χ3v) is 2.35. The summed E-state index contributed by atoms with van der Waals surface area (Å²) in [6.45, 7) is 4.02. The molecular weight excluding hydrogens is 204 g/mol. The highest BCUT2D eigenvalue weighted by molar-refractivity contribution is 5.77. The third kappa shape index (κ3) is 4.98. The summed E-state index contributed by atoms with van der Waals surface area (Å²) in [7, 11) is 1.96. The third-order valence-electron chi connectivity index (χ3n) is 2.35. The van der Waals surface area contributed by atoms with Crippen LogP contribution >= 0.6 is 0 Å². The molecule has 16 heavy (non-hydrogen) atoms. The smallest absolute Gasteiger partial charge is 0.234 e. The molecular formula is C12H20N2O2. The average molecular weight is 224 g/mol. The normalized spacial score (nSPS) is 10.7. The molecule has 0 radical (unpaired) electrons. The number of unbranched alkanes of at least 4 members (excludes halogenated alkanes) is 1. The van der Waals surface area contributed by atoms with Gasteiger partial charge in [0.25, 0.3) is 0 Å². The Labute approximate surface area is 96.6 Å². The summed E-state index contributed by atoms with van der Waals surface area (Å²) in [6.07, 6.45) is 3.88. The molecule has 0 fully saturated rings. The summed E-state index contributed by atoms with van der Waals surface area (Å²) in [5.74, 6) is 0.819. The summed E-state index contributed by atoms with van der Waals surface area (Å²) in [4.78, 5) is 13.5. The van der Waals surface area contributed by atoms with Gasteiger partial charge in [-0.05, 0) is 32.1 Å². The molecule has 0 aromatic carbocycles. The Balaban J connectivity index is 2.15. The number of amides is 1. The van der Waals surface area contributed by atoms with Crippen LogP contribution in [0.4, 0.5) is 0 Å². The van der Waals surface area contributed by atoms with Crippen molar-refractivity contribution >= 4 is 5.91 Å². The average Bonchev–Trinajstić information content (AvgIpc) is 2.76. The molecule has 1 heterocycles. The van der Waals surface area contributed by atoms with Gasteiger partial charge < -0.3 is 9.73 Å². The maximum absolute atomic E-state index is 11.5. The van der Waals surface area contributed by atoms with Crippen LogP contribution in [0.3, 0.4) is 0 Å². The minimum Gasteiger partial charge on any atom is -0.467 e. The molecule has 90 valence electrons. The van der Waals surface area contributed by atoms with Gasteiger partial charge in [0.2, 0.25) is 5.91 Å². The molecule has 1 amide bonds. The van der Waals surface area contributed by atoms with E-state index in [-0.39, 0.29) is 5.91 Å². The topological polar surface area (TPSA) is 45.5 Å². The number of hydrogen-bond acceptors (Lipinski definition) is 3. The lowest BCUT2D eigenvalue weighted by molar-refractivity contribution is -0.122. The lowest BCUT2D eigenvalue weighted by Crippen LogP contribution is -2.35. The van der Waals surface area contributed by atoms with Crippen molar-refractivity contribution in [1.82, 2.24) is 10.2 Å². The van der Waals surface area contributed by atoms with Gasteiger partial charge in [-0.15, -0.1) is 0 Å². The monoisotopic (exact) mass is 224 g/mol. The van der Waals surface area contributed by atoms with E-state index in [4.69, 9.17) is 4.42 Å². The summed E-state index contributed by atoms with van der Waals surface area (Å²) in [5.41, 5.74) is 0. The van der Waals surface area contributed by atoms with Gasteiger partial charge >= 0.3 is 0 Å². The maximum Gasteiger partial charge on any atom is 0.234 e. The van der Waals surface area contributed by atoms with Gasteiger partial charge in [0.05, 0.1) is 19.4 Å². The first kappa shape index (κ1) is 12.8. The van der Waals surface area contributed by atoms with E-state index in [1.165, 1.54) is 0 Å². The van der Waals surface area contributed by atoms with Crippen LogP contribution in [0.2, 0.25) is 0 Å². The predicted molar refractivity (Wildman–Crippen MR) is 63.0 cm³/mol. The zero-order valence-corrected chi connectivity index (χ0v) is 10.0. The summed E-state index contributed by atoms with van der Waals surface area (Å²) in [5, 5.41) is 2.82. The number of rotatable bonds is 7. The lowest BCUT2D eigenvalue weighted by atomic mass is 10.3. The highest BCUT2D eigenvalue weighted by atomic mass is 16.3. The van der Waals surface area contributed by atoms with Gasteiger partial charge in [0.15, 0.2) is 0 Å².